The van der Waals surface area contributed by atoms with E-state index in [0.717, 1.165) is 12.8 Å². The van der Waals surface area contributed by atoms with Gasteiger partial charge in [-0.2, -0.15) is 0 Å². The number of hydrogen-bond acceptors (Lipinski definition) is 2. The Morgan fingerprint density at radius 1 is 1.41 bits per heavy atom. The van der Waals surface area contributed by atoms with Gasteiger partial charge in [-0.1, -0.05) is 24.3 Å². The Morgan fingerprint density at radius 3 is 2.41 bits per heavy atom. The van der Waals surface area contributed by atoms with Gasteiger partial charge in [-0.15, -0.1) is 0 Å². The van der Waals surface area contributed by atoms with E-state index in [1.165, 1.54) is 11.1 Å². The lowest BCUT2D eigenvalue weighted by atomic mass is 10.0. The van der Waals surface area contributed by atoms with Gasteiger partial charge in [-0.05, 0) is 30.9 Å². The van der Waals surface area contributed by atoms with Crippen molar-refractivity contribution in [1.29, 1.82) is 0 Å². The Bertz CT molecular complexity index is 389. The van der Waals surface area contributed by atoms with Crippen LogP contribution in [0.25, 0.3) is 0 Å². The number of aliphatic hydroxyl groups is 1. The number of rotatable bonds is 3. The van der Waals surface area contributed by atoms with E-state index in [1.807, 2.05) is 12.1 Å². The summed E-state index contributed by atoms with van der Waals surface area (Å²) in [5, 5.41) is 9.29. The predicted molar refractivity (Wildman–Crippen MR) is 66.7 cm³/mol. The van der Waals surface area contributed by atoms with Crippen molar-refractivity contribution in [2.75, 3.05) is 13.6 Å². The fourth-order valence-corrected chi connectivity index (χ4v) is 2.53. The van der Waals surface area contributed by atoms with Gasteiger partial charge in [0.1, 0.15) is 0 Å². The molecule has 92 valence electrons. The zero-order chi connectivity index (χ0) is 12.4. The topological polar surface area (TPSA) is 40.5 Å². The first-order valence-corrected chi connectivity index (χ1v) is 6.07. The summed E-state index contributed by atoms with van der Waals surface area (Å²) >= 11 is 0. The highest BCUT2D eigenvalue weighted by molar-refractivity contribution is 5.80. The van der Waals surface area contributed by atoms with Crippen molar-refractivity contribution in [1.82, 2.24) is 4.90 Å². The van der Waals surface area contributed by atoms with Crippen molar-refractivity contribution in [2.45, 2.75) is 25.9 Å². The molecule has 0 heterocycles. The molecule has 17 heavy (non-hydrogen) atoms. The van der Waals surface area contributed by atoms with Crippen molar-refractivity contribution < 1.29 is 9.90 Å². The summed E-state index contributed by atoms with van der Waals surface area (Å²) in [5.41, 5.74) is 2.58. The molecule has 0 saturated heterocycles. The van der Waals surface area contributed by atoms with Crippen LogP contribution in [0.1, 0.15) is 18.1 Å². The molecule has 1 atom stereocenters. The van der Waals surface area contributed by atoms with Crippen LogP contribution in [0.2, 0.25) is 0 Å². The van der Waals surface area contributed by atoms with Gasteiger partial charge in [0.2, 0.25) is 5.91 Å². The minimum atomic E-state index is -0.465. The Balaban J connectivity index is 2.01. The Hall–Kier alpha value is -1.35. The Morgan fingerprint density at radius 2 is 1.94 bits per heavy atom. The number of carbonyl (C=O) groups excluding carboxylic acids is 1. The molecule has 2 rings (SSSR count). The molecule has 0 spiro atoms. The second kappa shape index (κ2) is 4.88. The maximum Gasteiger partial charge on any atom is 0.226 e. The molecule has 0 aliphatic heterocycles. The molecule has 0 fully saturated rings. The molecular weight excluding hydrogens is 214 g/mol. The molecular formula is C14H19NO2. The number of fused-ring (bicyclic) bond motifs is 1. The molecule has 1 aliphatic carbocycles. The van der Waals surface area contributed by atoms with Gasteiger partial charge in [0.25, 0.3) is 0 Å². The quantitative estimate of drug-likeness (QED) is 0.853. The van der Waals surface area contributed by atoms with E-state index in [0.29, 0.717) is 6.54 Å². The van der Waals surface area contributed by atoms with Gasteiger partial charge in [-0.25, -0.2) is 0 Å². The van der Waals surface area contributed by atoms with Gasteiger partial charge in [0.05, 0.1) is 6.10 Å². The molecule has 1 aliphatic rings. The molecule has 1 unspecified atom stereocenters. The van der Waals surface area contributed by atoms with Gasteiger partial charge in [0, 0.05) is 19.5 Å². The lowest BCUT2D eigenvalue weighted by molar-refractivity contribution is -0.135. The second-order valence-corrected chi connectivity index (χ2v) is 4.94. The first-order valence-electron chi connectivity index (χ1n) is 6.07. The summed E-state index contributed by atoms with van der Waals surface area (Å²) in [7, 11) is 1.76. The normalized spacial score (nSPS) is 16.6. The first-order chi connectivity index (χ1) is 8.08. The lowest BCUT2D eigenvalue weighted by Crippen LogP contribution is -2.37. The average molecular weight is 233 g/mol. The maximum absolute atomic E-state index is 12.2. The number of carbonyl (C=O) groups is 1. The minimum absolute atomic E-state index is 0.0520. The smallest absolute Gasteiger partial charge is 0.226 e. The van der Waals surface area contributed by atoms with Crippen LogP contribution in [-0.2, 0) is 17.6 Å². The number of nitrogens with zero attached hydrogens (tertiary/aromatic N) is 1. The molecule has 3 heteroatoms. The third-order valence-corrected chi connectivity index (χ3v) is 3.31. The number of benzene rings is 1. The molecule has 0 bridgehead atoms. The molecule has 1 aromatic carbocycles. The molecule has 0 saturated carbocycles. The van der Waals surface area contributed by atoms with Crippen LogP contribution in [0.3, 0.4) is 0 Å². The SMILES string of the molecule is CC(O)CN(C)C(=O)C1Cc2ccccc2C1. The van der Waals surface area contributed by atoms with Crippen molar-refractivity contribution >= 4 is 5.91 Å². The highest BCUT2D eigenvalue weighted by atomic mass is 16.3. The summed E-state index contributed by atoms with van der Waals surface area (Å²) in [6.45, 7) is 2.11. The highest BCUT2D eigenvalue weighted by Gasteiger charge is 2.29. The van der Waals surface area contributed by atoms with Gasteiger partial charge in [-0.3, -0.25) is 4.79 Å². The van der Waals surface area contributed by atoms with Gasteiger partial charge >= 0.3 is 0 Å². The number of hydrogen-bond donors (Lipinski definition) is 1. The van der Waals surface area contributed by atoms with E-state index in [-0.39, 0.29) is 11.8 Å². The van der Waals surface area contributed by atoms with E-state index >= 15 is 0 Å². The zero-order valence-electron chi connectivity index (χ0n) is 10.4. The summed E-state index contributed by atoms with van der Waals surface area (Å²) in [4.78, 5) is 13.8. The number of aliphatic hydroxyl groups excluding tert-OH is 1. The van der Waals surface area contributed by atoms with Crippen LogP contribution >= 0.6 is 0 Å². The van der Waals surface area contributed by atoms with Crippen LogP contribution in [-0.4, -0.2) is 35.6 Å². The second-order valence-electron chi connectivity index (χ2n) is 4.94. The molecule has 1 N–H and O–H groups in total. The van der Waals surface area contributed by atoms with Crippen LogP contribution in [0, 0.1) is 5.92 Å². The zero-order valence-corrected chi connectivity index (χ0v) is 10.4. The molecule has 0 aromatic heterocycles. The molecule has 3 nitrogen and oxygen atoms in total. The first kappa shape index (κ1) is 12.1. The molecule has 1 amide bonds. The standard InChI is InChI=1S/C14H19NO2/c1-10(16)9-15(2)14(17)13-7-11-5-3-4-6-12(11)8-13/h3-6,10,13,16H,7-9H2,1-2H3. The largest absolute Gasteiger partial charge is 0.392 e. The van der Waals surface area contributed by atoms with Gasteiger partial charge < -0.3 is 10.0 Å². The van der Waals surface area contributed by atoms with E-state index in [9.17, 15) is 9.90 Å². The third kappa shape index (κ3) is 2.67. The predicted octanol–water partition coefficient (Wildman–Crippen LogP) is 1.24. The Labute approximate surface area is 102 Å². The Kier molecular flexibility index (Phi) is 3.48. The number of likely N-dealkylation sites (N-methyl/N-ethyl adjacent to an activating group) is 1. The van der Waals surface area contributed by atoms with Crippen LogP contribution in [0.15, 0.2) is 24.3 Å². The molecule has 1 aromatic rings. The van der Waals surface area contributed by atoms with Crippen LogP contribution in [0.5, 0.6) is 0 Å². The average Bonchev–Trinajstić information content (AvgIpc) is 2.70. The maximum atomic E-state index is 12.2. The van der Waals surface area contributed by atoms with Crippen LogP contribution in [0.4, 0.5) is 0 Å². The van der Waals surface area contributed by atoms with E-state index in [4.69, 9.17) is 0 Å². The van der Waals surface area contributed by atoms with Crippen molar-refractivity contribution in [3.05, 3.63) is 35.4 Å². The fourth-order valence-electron chi connectivity index (χ4n) is 2.53. The highest BCUT2D eigenvalue weighted by Crippen LogP contribution is 2.27. The van der Waals surface area contributed by atoms with E-state index in [2.05, 4.69) is 12.1 Å². The minimum Gasteiger partial charge on any atom is -0.392 e. The summed E-state index contributed by atoms with van der Waals surface area (Å²) < 4.78 is 0. The van der Waals surface area contributed by atoms with Crippen LogP contribution < -0.4 is 0 Å². The summed E-state index contributed by atoms with van der Waals surface area (Å²) in [5.74, 6) is 0.193. The third-order valence-electron chi connectivity index (χ3n) is 3.31. The van der Waals surface area contributed by atoms with Gasteiger partial charge in [0.15, 0.2) is 0 Å². The monoisotopic (exact) mass is 233 g/mol. The molecule has 0 radical (unpaired) electrons. The lowest BCUT2D eigenvalue weighted by Gasteiger charge is -2.22. The number of amides is 1. The van der Waals surface area contributed by atoms with Crippen molar-refractivity contribution in [3.8, 4) is 0 Å². The van der Waals surface area contributed by atoms with Crippen molar-refractivity contribution in [2.24, 2.45) is 5.92 Å². The van der Waals surface area contributed by atoms with E-state index in [1.54, 1.807) is 18.9 Å². The fraction of sp³-hybridized carbons (Fsp3) is 0.500. The summed E-state index contributed by atoms with van der Waals surface area (Å²) in [6.07, 6.45) is 1.20. The summed E-state index contributed by atoms with van der Waals surface area (Å²) in [6, 6.07) is 8.23. The van der Waals surface area contributed by atoms with E-state index < -0.39 is 6.10 Å². The van der Waals surface area contributed by atoms with Crippen molar-refractivity contribution in [3.63, 3.8) is 0 Å².